The average molecular weight is 430 g/mol. The van der Waals surface area contributed by atoms with Crippen molar-refractivity contribution >= 4 is 11.7 Å². The molecule has 3 aromatic rings. The van der Waals surface area contributed by atoms with Gasteiger partial charge in [-0.3, -0.25) is 4.79 Å². The van der Waals surface area contributed by atoms with E-state index in [1.54, 1.807) is 61.7 Å². The quantitative estimate of drug-likeness (QED) is 0.626. The second kappa shape index (κ2) is 8.33. The number of ether oxygens (including phenoxy) is 1. The van der Waals surface area contributed by atoms with Gasteiger partial charge in [0.15, 0.2) is 6.04 Å². The number of amides is 1. The van der Waals surface area contributed by atoms with Gasteiger partial charge in [0.25, 0.3) is 5.91 Å². The highest BCUT2D eigenvalue weighted by molar-refractivity contribution is 5.98. The number of halogens is 3. The van der Waals surface area contributed by atoms with Crippen molar-refractivity contribution in [2.75, 3.05) is 12.4 Å². The first-order valence-corrected chi connectivity index (χ1v) is 9.73. The predicted octanol–water partition coefficient (Wildman–Crippen LogP) is 4.48. The van der Waals surface area contributed by atoms with Crippen molar-refractivity contribution in [2.45, 2.75) is 31.2 Å². The van der Waals surface area contributed by atoms with E-state index in [4.69, 9.17) is 4.74 Å². The summed E-state index contributed by atoms with van der Waals surface area (Å²) >= 11 is 0. The summed E-state index contributed by atoms with van der Waals surface area (Å²) in [6.07, 6.45) is -3.53. The first kappa shape index (κ1) is 20.8. The molecule has 2 atom stereocenters. The van der Waals surface area contributed by atoms with Crippen molar-refractivity contribution in [1.29, 1.82) is 0 Å². The van der Waals surface area contributed by atoms with Crippen molar-refractivity contribution in [3.8, 4) is 5.75 Å². The van der Waals surface area contributed by atoms with Gasteiger partial charge in [-0.2, -0.15) is 18.3 Å². The molecule has 162 valence electrons. The number of benzene rings is 2. The van der Waals surface area contributed by atoms with Gasteiger partial charge in [-0.05, 0) is 23.3 Å². The topological polar surface area (TPSA) is 68.2 Å². The molecule has 0 saturated carbocycles. The SMILES string of the molecule is COc1ccc(CNC(=O)c2cnn3c2NC(c2ccccc2)CC3C(F)(F)F)cc1. The summed E-state index contributed by atoms with van der Waals surface area (Å²) in [5.41, 5.74) is 1.62. The maximum Gasteiger partial charge on any atom is 0.410 e. The van der Waals surface area contributed by atoms with Crippen LogP contribution in [0.5, 0.6) is 5.75 Å². The molecule has 2 heterocycles. The van der Waals surface area contributed by atoms with Gasteiger partial charge < -0.3 is 15.4 Å². The van der Waals surface area contributed by atoms with E-state index < -0.39 is 24.2 Å². The lowest BCUT2D eigenvalue weighted by atomic mass is 9.96. The number of aromatic nitrogens is 2. The Labute approximate surface area is 177 Å². The maximum atomic E-state index is 13.8. The second-order valence-corrected chi connectivity index (χ2v) is 7.28. The van der Waals surface area contributed by atoms with Crippen LogP contribution in [0.1, 0.15) is 40.0 Å². The summed E-state index contributed by atoms with van der Waals surface area (Å²) in [6.45, 7) is 0.220. The van der Waals surface area contributed by atoms with E-state index in [1.807, 2.05) is 0 Å². The molecule has 0 spiro atoms. The Morgan fingerprint density at radius 3 is 2.55 bits per heavy atom. The Kier molecular flexibility index (Phi) is 5.58. The minimum Gasteiger partial charge on any atom is -0.497 e. The number of methoxy groups -OCH3 is 1. The largest absolute Gasteiger partial charge is 0.497 e. The van der Waals surface area contributed by atoms with Gasteiger partial charge in [-0.25, -0.2) is 4.68 Å². The third kappa shape index (κ3) is 4.35. The van der Waals surface area contributed by atoms with Crippen LogP contribution >= 0.6 is 0 Å². The molecule has 0 saturated heterocycles. The zero-order chi connectivity index (χ0) is 22.0. The van der Waals surface area contributed by atoms with Gasteiger partial charge in [0, 0.05) is 13.0 Å². The first-order chi connectivity index (χ1) is 14.9. The molecule has 31 heavy (non-hydrogen) atoms. The van der Waals surface area contributed by atoms with Gasteiger partial charge in [0.05, 0.1) is 19.3 Å². The normalized spacial score (nSPS) is 18.1. The first-order valence-electron chi connectivity index (χ1n) is 9.73. The van der Waals surface area contributed by atoms with E-state index in [0.29, 0.717) is 11.3 Å². The minimum atomic E-state index is -4.49. The van der Waals surface area contributed by atoms with E-state index in [9.17, 15) is 18.0 Å². The standard InChI is InChI=1S/C22H21F3N4O2/c1-31-16-9-7-14(8-10-16)12-26-21(30)17-13-27-29-19(22(23,24)25)11-18(28-20(17)29)15-5-3-2-4-6-15/h2-10,13,18-19,28H,11-12H2,1H3,(H,26,30). The summed E-state index contributed by atoms with van der Waals surface area (Å²) in [5, 5.41) is 9.71. The van der Waals surface area contributed by atoms with Crippen LogP contribution in [-0.4, -0.2) is 29.0 Å². The zero-order valence-corrected chi connectivity index (χ0v) is 16.7. The number of carbonyl (C=O) groups is 1. The summed E-state index contributed by atoms with van der Waals surface area (Å²) in [6, 6.07) is 13.6. The maximum absolute atomic E-state index is 13.8. The smallest absolute Gasteiger partial charge is 0.410 e. The van der Waals surface area contributed by atoms with Gasteiger partial charge >= 0.3 is 6.18 Å². The van der Waals surface area contributed by atoms with Gasteiger partial charge in [-0.1, -0.05) is 42.5 Å². The second-order valence-electron chi connectivity index (χ2n) is 7.28. The molecule has 0 bridgehead atoms. The van der Waals surface area contributed by atoms with Crippen molar-refractivity contribution in [3.63, 3.8) is 0 Å². The lowest BCUT2D eigenvalue weighted by molar-refractivity contribution is -0.173. The molecule has 1 aromatic heterocycles. The summed E-state index contributed by atoms with van der Waals surface area (Å²) in [7, 11) is 1.56. The van der Waals surface area contributed by atoms with Crippen LogP contribution in [0.2, 0.25) is 0 Å². The Morgan fingerprint density at radius 2 is 1.90 bits per heavy atom. The summed E-state index contributed by atoms with van der Waals surface area (Å²) in [5.74, 6) is 0.254. The van der Waals surface area contributed by atoms with E-state index in [2.05, 4.69) is 15.7 Å². The van der Waals surface area contributed by atoms with E-state index in [0.717, 1.165) is 10.2 Å². The zero-order valence-electron chi connectivity index (χ0n) is 16.7. The molecule has 0 fully saturated rings. The van der Waals surface area contributed by atoms with Gasteiger partial charge in [0.2, 0.25) is 0 Å². The monoisotopic (exact) mass is 430 g/mol. The Hall–Kier alpha value is -3.49. The molecule has 9 heteroatoms. The third-order valence-corrected chi connectivity index (χ3v) is 5.30. The number of anilines is 1. The third-order valence-electron chi connectivity index (χ3n) is 5.30. The number of fused-ring (bicyclic) bond motifs is 1. The Morgan fingerprint density at radius 1 is 1.19 bits per heavy atom. The molecule has 0 aliphatic carbocycles. The fourth-order valence-electron chi connectivity index (χ4n) is 3.65. The minimum absolute atomic E-state index is 0.0645. The number of alkyl halides is 3. The van der Waals surface area contributed by atoms with Crippen LogP contribution in [0.4, 0.5) is 19.0 Å². The Balaban J connectivity index is 1.57. The van der Waals surface area contributed by atoms with E-state index in [1.165, 1.54) is 6.20 Å². The molecule has 1 aliphatic heterocycles. The number of carbonyl (C=O) groups excluding carboxylic acids is 1. The Bertz CT molecular complexity index is 1050. The number of nitrogens with one attached hydrogen (secondary N) is 2. The molecular weight excluding hydrogens is 409 g/mol. The number of hydrogen-bond acceptors (Lipinski definition) is 4. The van der Waals surface area contributed by atoms with E-state index >= 15 is 0 Å². The highest BCUT2D eigenvalue weighted by Crippen LogP contribution is 2.44. The van der Waals surface area contributed by atoms with Crippen molar-refractivity contribution in [2.24, 2.45) is 0 Å². The number of nitrogens with zero attached hydrogens (tertiary/aromatic N) is 2. The van der Waals surface area contributed by atoms with Crippen molar-refractivity contribution in [3.05, 3.63) is 77.5 Å². The highest BCUT2D eigenvalue weighted by Gasteiger charge is 2.47. The van der Waals surface area contributed by atoms with E-state index in [-0.39, 0.29) is 24.3 Å². The fourth-order valence-corrected chi connectivity index (χ4v) is 3.65. The number of hydrogen-bond donors (Lipinski definition) is 2. The van der Waals surface area contributed by atoms with Crippen LogP contribution < -0.4 is 15.4 Å². The molecule has 1 aliphatic rings. The molecule has 1 amide bonds. The van der Waals surface area contributed by atoms with Gasteiger partial charge in [-0.15, -0.1) is 0 Å². The molecule has 2 unspecified atom stereocenters. The summed E-state index contributed by atoms with van der Waals surface area (Å²) in [4.78, 5) is 12.8. The molecule has 2 aromatic carbocycles. The van der Waals surface area contributed by atoms with Crippen LogP contribution in [0, 0.1) is 0 Å². The molecule has 4 rings (SSSR count). The summed E-state index contributed by atoms with van der Waals surface area (Å²) < 4.78 is 47.2. The van der Waals surface area contributed by atoms with Crippen molar-refractivity contribution < 1.29 is 22.7 Å². The fraction of sp³-hybridized carbons (Fsp3) is 0.273. The number of rotatable bonds is 5. The van der Waals surface area contributed by atoms with Gasteiger partial charge in [0.1, 0.15) is 17.1 Å². The molecule has 6 nitrogen and oxygen atoms in total. The predicted molar refractivity (Wildman–Crippen MR) is 109 cm³/mol. The van der Waals surface area contributed by atoms with Crippen LogP contribution in [-0.2, 0) is 6.54 Å². The molecule has 0 radical (unpaired) electrons. The molecular formula is C22H21F3N4O2. The van der Waals surface area contributed by atoms with Crippen LogP contribution in [0.25, 0.3) is 0 Å². The lowest BCUT2D eigenvalue weighted by Gasteiger charge is -2.34. The van der Waals surface area contributed by atoms with Crippen LogP contribution in [0.3, 0.4) is 0 Å². The van der Waals surface area contributed by atoms with Crippen LogP contribution in [0.15, 0.2) is 60.8 Å². The average Bonchev–Trinajstić information content (AvgIpc) is 3.21. The molecule has 2 N–H and O–H groups in total. The highest BCUT2D eigenvalue weighted by atomic mass is 19.4. The van der Waals surface area contributed by atoms with Crippen molar-refractivity contribution in [1.82, 2.24) is 15.1 Å². The lowest BCUT2D eigenvalue weighted by Crippen LogP contribution is -2.36.